The number of nitrogens with one attached hydrogen (secondary N) is 1. The van der Waals surface area contributed by atoms with E-state index in [0.717, 1.165) is 51.9 Å². The maximum absolute atomic E-state index is 12.5. The maximum Gasteiger partial charge on any atom is 0.225 e. The molecule has 0 atom stereocenters. The third kappa shape index (κ3) is 3.04. The van der Waals surface area contributed by atoms with E-state index in [1.165, 1.54) is 5.56 Å². The summed E-state index contributed by atoms with van der Waals surface area (Å²) in [4.78, 5) is 14.6. The Bertz CT molecular complexity index is 432. The van der Waals surface area contributed by atoms with Crippen LogP contribution in [0.15, 0.2) is 30.3 Å². The monoisotopic (exact) mass is 272 g/mol. The number of hydrogen-bond acceptors (Lipinski definition) is 2. The first-order valence-corrected chi connectivity index (χ1v) is 7.89. The zero-order valence-electron chi connectivity index (χ0n) is 12.1. The number of piperidine rings is 2. The fourth-order valence-corrected chi connectivity index (χ4v) is 3.49. The molecule has 1 aromatic rings. The van der Waals surface area contributed by atoms with Gasteiger partial charge in [-0.05, 0) is 50.3 Å². The van der Waals surface area contributed by atoms with Crippen LogP contribution >= 0.6 is 0 Å². The lowest BCUT2D eigenvalue weighted by Crippen LogP contribution is -2.44. The Hall–Kier alpha value is -1.35. The van der Waals surface area contributed by atoms with Gasteiger partial charge in [0.2, 0.25) is 5.91 Å². The van der Waals surface area contributed by atoms with Crippen molar-refractivity contribution in [3.05, 3.63) is 35.9 Å². The molecule has 2 aliphatic rings. The van der Waals surface area contributed by atoms with Crippen LogP contribution in [0.2, 0.25) is 0 Å². The molecule has 0 radical (unpaired) electrons. The molecule has 108 valence electrons. The van der Waals surface area contributed by atoms with Crippen molar-refractivity contribution >= 4 is 5.91 Å². The van der Waals surface area contributed by atoms with E-state index in [9.17, 15) is 4.79 Å². The fourth-order valence-electron chi connectivity index (χ4n) is 3.49. The lowest BCUT2D eigenvalue weighted by atomic mass is 9.88. The second-order valence-electron chi connectivity index (χ2n) is 6.03. The van der Waals surface area contributed by atoms with E-state index in [4.69, 9.17) is 0 Å². The molecule has 1 aromatic carbocycles. The Morgan fingerprint density at radius 2 is 1.65 bits per heavy atom. The smallest absolute Gasteiger partial charge is 0.225 e. The van der Waals surface area contributed by atoms with Crippen LogP contribution in [0.5, 0.6) is 0 Å². The van der Waals surface area contributed by atoms with E-state index in [1.807, 2.05) is 0 Å². The van der Waals surface area contributed by atoms with Crippen molar-refractivity contribution in [2.45, 2.75) is 31.6 Å². The molecule has 0 aliphatic carbocycles. The van der Waals surface area contributed by atoms with E-state index >= 15 is 0 Å². The summed E-state index contributed by atoms with van der Waals surface area (Å²) < 4.78 is 0. The summed E-state index contributed by atoms with van der Waals surface area (Å²) in [6, 6.07) is 10.7. The van der Waals surface area contributed by atoms with Crippen molar-refractivity contribution in [3.8, 4) is 0 Å². The Labute approximate surface area is 121 Å². The summed E-state index contributed by atoms with van der Waals surface area (Å²) in [6.45, 7) is 3.86. The molecule has 2 heterocycles. The Balaban J connectivity index is 1.54. The van der Waals surface area contributed by atoms with Gasteiger partial charge in [-0.1, -0.05) is 30.3 Å². The standard InChI is InChI=1S/C17H24N2O/c20-17(16-6-10-18-11-7-16)19-12-8-15(9-13-19)14-4-2-1-3-5-14/h1-5,15-16,18H,6-13H2. The molecule has 1 amide bonds. The van der Waals surface area contributed by atoms with Crippen LogP contribution in [0, 0.1) is 5.92 Å². The summed E-state index contributed by atoms with van der Waals surface area (Å²) in [7, 11) is 0. The van der Waals surface area contributed by atoms with Crippen molar-refractivity contribution in [1.29, 1.82) is 0 Å². The quantitative estimate of drug-likeness (QED) is 0.896. The average Bonchev–Trinajstić information content (AvgIpc) is 2.56. The lowest BCUT2D eigenvalue weighted by Gasteiger charge is -2.35. The highest BCUT2D eigenvalue weighted by molar-refractivity contribution is 5.79. The van der Waals surface area contributed by atoms with Crippen molar-refractivity contribution in [1.82, 2.24) is 10.2 Å². The van der Waals surface area contributed by atoms with Gasteiger partial charge in [-0.15, -0.1) is 0 Å². The first-order chi connectivity index (χ1) is 9.84. The Morgan fingerprint density at radius 3 is 2.30 bits per heavy atom. The van der Waals surface area contributed by atoms with Crippen LogP contribution in [-0.2, 0) is 4.79 Å². The summed E-state index contributed by atoms with van der Waals surface area (Å²) in [5, 5.41) is 3.33. The van der Waals surface area contributed by atoms with Gasteiger partial charge in [0.05, 0.1) is 0 Å². The molecule has 0 aromatic heterocycles. The van der Waals surface area contributed by atoms with Crippen molar-refractivity contribution in [2.75, 3.05) is 26.2 Å². The number of carbonyl (C=O) groups is 1. The Morgan fingerprint density at radius 1 is 1.00 bits per heavy atom. The second kappa shape index (κ2) is 6.40. The number of nitrogens with zero attached hydrogens (tertiary/aromatic N) is 1. The minimum atomic E-state index is 0.268. The molecule has 3 nitrogen and oxygen atoms in total. The van der Waals surface area contributed by atoms with Crippen LogP contribution in [0.4, 0.5) is 0 Å². The zero-order valence-corrected chi connectivity index (χ0v) is 12.1. The Kier molecular flexibility index (Phi) is 4.36. The minimum absolute atomic E-state index is 0.268. The maximum atomic E-state index is 12.5. The first kappa shape index (κ1) is 13.6. The topological polar surface area (TPSA) is 32.3 Å². The molecule has 2 fully saturated rings. The van der Waals surface area contributed by atoms with Crippen LogP contribution < -0.4 is 5.32 Å². The fraction of sp³-hybridized carbons (Fsp3) is 0.588. The van der Waals surface area contributed by atoms with Crippen LogP contribution in [0.3, 0.4) is 0 Å². The second-order valence-corrected chi connectivity index (χ2v) is 6.03. The summed E-state index contributed by atoms with van der Waals surface area (Å²) in [5.41, 5.74) is 1.43. The molecule has 2 aliphatic heterocycles. The van der Waals surface area contributed by atoms with Crippen LogP contribution in [0.25, 0.3) is 0 Å². The summed E-state index contributed by atoms with van der Waals surface area (Å²) in [5.74, 6) is 1.30. The highest BCUT2D eigenvalue weighted by Crippen LogP contribution is 2.29. The van der Waals surface area contributed by atoms with Gasteiger partial charge in [0, 0.05) is 19.0 Å². The normalized spacial score (nSPS) is 21.9. The molecule has 20 heavy (non-hydrogen) atoms. The van der Waals surface area contributed by atoms with Gasteiger partial charge in [0.15, 0.2) is 0 Å². The van der Waals surface area contributed by atoms with Gasteiger partial charge in [-0.3, -0.25) is 4.79 Å². The van der Waals surface area contributed by atoms with Crippen molar-refractivity contribution in [3.63, 3.8) is 0 Å². The molecule has 0 spiro atoms. The molecule has 0 saturated carbocycles. The number of hydrogen-bond donors (Lipinski definition) is 1. The van der Waals surface area contributed by atoms with E-state index in [0.29, 0.717) is 11.8 Å². The van der Waals surface area contributed by atoms with E-state index in [-0.39, 0.29) is 5.92 Å². The number of benzene rings is 1. The van der Waals surface area contributed by atoms with Gasteiger partial charge in [-0.2, -0.15) is 0 Å². The van der Waals surface area contributed by atoms with Crippen molar-refractivity contribution < 1.29 is 4.79 Å². The number of carbonyl (C=O) groups excluding carboxylic acids is 1. The molecule has 3 heteroatoms. The van der Waals surface area contributed by atoms with Crippen LogP contribution in [0.1, 0.15) is 37.2 Å². The van der Waals surface area contributed by atoms with Gasteiger partial charge < -0.3 is 10.2 Å². The third-order valence-corrected chi connectivity index (χ3v) is 4.77. The van der Waals surface area contributed by atoms with Gasteiger partial charge in [0.25, 0.3) is 0 Å². The molecule has 2 saturated heterocycles. The molecular weight excluding hydrogens is 248 g/mol. The average molecular weight is 272 g/mol. The number of likely N-dealkylation sites (tertiary alicyclic amines) is 1. The largest absolute Gasteiger partial charge is 0.342 e. The third-order valence-electron chi connectivity index (χ3n) is 4.77. The minimum Gasteiger partial charge on any atom is -0.342 e. The number of rotatable bonds is 2. The molecule has 0 bridgehead atoms. The van der Waals surface area contributed by atoms with E-state index in [2.05, 4.69) is 40.5 Å². The van der Waals surface area contributed by atoms with Crippen LogP contribution in [-0.4, -0.2) is 37.0 Å². The highest BCUT2D eigenvalue weighted by Gasteiger charge is 2.29. The molecule has 0 unspecified atom stereocenters. The first-order valence-electron chi connectivity index (χ1n) is 7.89. The molecule has 1 N–H and O–H groups in total. The zero-order chi connectivity index (χ0) is 13.8. The number of amides is 1. The van der Waals surface area contributed by atoms with Crippen molar-refractivity contribution in [2.24, 2.45) is 5.92 Å². The predicted octanol–water partition coefficient (Wildman–Crippen LogP) is 2.39. The van der Waals surface area contributed by atoms with E-state index in [1.54, 1.807) is 0 Å². The highest BCUT2D eigenvalue weighted by atomic mass is 16.2. The van der Waals surface area contributed by atoms with E-state index < -0.39 is 0 Å². The summed E-state index contributed by atoms with van der Waals surface area (Å²) in [6.07, 6.45) is 4.25. The lowest BCUT2D eigenvalue weighted by molar-refractivity contribution is -0.137. The SMILES string of the molecule is O=C(C1CCNCC1)N1CCC(c2ccccc2)CC1. The van der Waals surface area contributed by atoms with Gasteiger partial charge in [0.1, 0.15) is 0 Å². The molecule has 3 rings (SSSR count). The van der Waals surface area contributed by atoms with Gasteiger partial charge in [-0.25, -0.2) is 0 Å². The van der Waals surface area contributed by atoms with Gasteiger partial charge >= 0.3 is 0 Å². The molecular formula is C17H24N2O. The summed E-state index contributed by atoms with van der Waals surface area (Å²) >= 11 is 0. The predicted molar refractivity (Wildman–Crippen MR) is 80.6 cm³/mol.